The molecule has 0 aliphatic rings. The summed E-state index contributed by atoms with van der Waals surface area (Å²) in [6.45, 7) is 0.811. The maximum absolute atomic E-state index is 12.0. The Morgan fingerprint density at radius 2 is 2.00 bits per heavy atom. The van der Waals surface area contributed by atoms with E-state index in [-0.39, 0.29) is 12.1 Å². The third kappa shape index (κ3) is 4.90. The Balaban J connectivity index is 1.86. The van der Waals surface area contributed by atoms with Gasteiger partial charge in [-0.2, -0.15) is 0 Å². The van der Waals surface area contributed by atoms with Crippen molar-refractivity contribution in [1.29, 1.82) is 0 Å². The van der Waals surface area contributed by atoms with Crippen LogP contribution in [0.15, 0.2) is 41.0 Å². The number of nitrogens with one attached hydrogen (secondary N) is 2. The highest BCUT2D eigenvalue weighted by Crippen LogP contribution is 2.22. The normalized spacial score (nSPS) is 10.0. The fraction of sp³-hybridized carbons (Fsp3) is 0.188. The van der Waals surface area contributed by atoms with Crippen molar-refractivity contribution in [2.45, 2.75) is 13.5 Å². The van der Waals surface area contributed by atoms with E-state index >= 15 is 0 Å². The number of rotatable bonds is 6. The fourth-order valence-corrected chi connectivity index (χ4v) is 2.06. The molecule has 3 amide bonds. The highest BCUT2D eigenvalue weighted by molar-refractivity contribution is 5.99. The number of aryl methyl sites for hydroxylation is 1. The summed E-state index contributed by atoms with van der Waals surface area (Å²) < 4.78 is 9.77. The van der Waals surface area contributed by atoms with Crippen molar-refractivity contribution < 1.29 is 28.5 Å². The average molecular weight is 361 g/mol. The molecule has 136 valence electrons. The first-order valence-electron chi connectivity index (χ1n) is 7.39. The average Bonchev–Trinajstić information content (AvgIpc) is 3.11. The highest BCUT2D eigenvalue weighted by atomic mass is 16.6. The molecule has 0 spiro atoms. The maximum Gasteiger partial charge on any atom is 0.345 e. The molecule has 0 fully saturated rings. The first-order chi connectivity index (χ1) is 12.4. The van der Waals surface area contributed by atoms with Crippen LogP contribution in [-0.4, -0.2) is 29.4 Å². The lowest BCUT2D eigenvalue weighted by Crippen LogP contribution is -2.41. The number of nitro benzene ring substituents is 1. The Kier molecular flexibility index (Phi) is 6.04. The summed E-state index contributed by atoms with van der Waals surface area (Å²) in [6.07, 6.45) is 1.43. The molecule has 0 aliphatic carbocycles. The lowest BCUT2D eigenvalue weighted by atomic mass is 10.1. The molecule has 2 rings (SSSR count). The zero-order valence-electron chi connectivity index (χ0n) is 13.7. The van der Waals surface area contributed by atoms with Gasteiger partial charge in [0, 0.05) is 6.07 Å². The predicted octanol–water partition coefficient (Wildman–Crippen LogP) is 1.68. The first kappa shape index (κ1) is 18.6. The zero-order chi connectivity index (χ0) is 19.1. The first-order valence-corrected chi connectivity index (χ1v) is 7.39. The van der Waals surface area contributed by atoms with Gasteiger partial charge in [-0.25, -0.2) is 9.59 Å². The van der Waals surface area contributed by atoms with Gasteiger partial charge < -0.3 is 14.5 Å². The molecular weight excluding hydrogens is 346 g/mol. The minimum Gasteiger partial charge on any atom is -0.467 e. The van der Waals surface area contributed by atoms with Gasteiger partial charge in [0.15, 0.2) is 6.61 Å². The Hall–Kier alpha value is -3.69. The van der Waals surface area contributed by atoms with Crippen LogP contribution in [0.1, 0.15) is 21.7 Å². The van der Waals surface area contributed by atoms with Crippen molar-refractivity contribution in [3.05, 3.63) is 63.6 Å². The number of amides is 3. The van der Waals surface area contributed by atoms with Crippen molar-refractivity contribution in [3.8, 4) is 0 Å². The monoisotopic (exact) mass is 361 g/mol. The third-order valence-electron chi connectivity index (χ3n) is 3.24. The number of carbonyl (C=O) groups is 3. The van der Waals surface area contributed by atoms with Crippen LogP contribution in [0.25, 0.3) is 0 Å². The summed E-state index contributed by atoms with van der Waals surface area (Å²) >= 11 is 0. The van der Waals surface area contributed by atoms with Crippen LogP contribution in [0.2, 0.25) is 0 Å². The summed E-state index contributed by atoms with van der Waals surface area (Å²) in [5.74, 6) is -1.42. The lowest BCUT2D eigenvalue weighted by molar-refractivity contribution is -0.385. The minimum atomic E-state index is -1.03. The molecule has 10 heteroatoms. The van der Waals surface area contributed by atoms with Gasteiger partial charge in [0.1, 0.15) is 11.3 Å². The van der Waals surface area contributed by atoms with Crippen LogP contribution in [0.3, 0.4) is 0 Å². The predicted molar refractivity (Wildman–Crippen MR) is 87.2 cm³/mol. The van der Waals surface area contributed by atoms with E-state index in [4.69, 9.17) is 9.15 Å². The number of furan rings is 1. The van der Waals surface area contributed by atoms with E-state index in [2.05, 4.69) is 5.32 Å². The molecular formula is C16H15N3O7. The number of ether oxygens (including phenoxy) is 1. The van der Waals surface area contributed by atoms with E-state index in [0.29, 0.717) is 11.3 Å². The van der Waals surface area contributed by atoms with Gasteiger partial charge in [0.05, 0.1) is 17.7 Å². The molecule has 10 nitrogen and oxygen atoms in total. The second kappa shape index (κ2) is 8.42. The lowest BCUT2D eigenvalue weighted by Gasteiger charge is -2.08. The van der Waals surface area contributed by atoms with Crippen molar-refractivity contribution >= 4 is 23.6 Å². The van der Waals surface area contributed by atoms with Crippen molar-refractivity contribution in [3.63, 3.8) is 0 Å². The Morgan fingerprint density at radius 1 is 1.23 bits per heavy atom. The number of urea groups is 1. The van der Waals surface area contributed by atoms with Crippen molar-refractivity contribution in [2.24, 2.45) is 0 Å². The quantitative estimate of drug-likeness (QED) is 0.453. The summed E-state index contributed by atoms with van der Waals surface area (Å²) in [4.78, 5) is 45.5. The molecule has 0 unspecified atom stereocenters. The Morgan fingerprint density at radius 3 is 2.65 bits per heavy atom. The molecule has 1 heterocycles. The fourth-order valence-electron chi connectivity index (χ4n) is 2.06. The number of nitrogens with zero attached hydrogens (tertiary/aromatic N) is 1. The molecule has 0 atom stereocenters. The summed E-state index contributed by atoms with van der Waals surface area (Å²) in [7, 11) is 0. The van der Waals surface area contributed by atoms with Crippen molar-refractivity contribution in [2.75, 3.05) is 6.61 Å². The highest BCUT2D eigenvalue weighted by Gasteiger charge is 2.24. The van der Waals surface area contributed by atoms with E-state index in [9.17, 15) is 24.5 Å². The SMILES string of the molecule is Cc1cccc([N+](=O)[O-])c1C(=O)OCC(=O)NC(=O)NCc1ccco1. The van der Waals surface area contributed by atoms with Crippen LogP contribution >= 0.6 is 0 Å². The van der Waals surface area contributed by atoms with Gasteiger partial charge in [-0.05, 0) is 24.6 Å². The number of carbonyl (C=O) groups excluding carboxylic acids is 3. The molecule has 2 N–H and O–H groups in total. The number of esters is 1. The second-order valence-corrected chi connectivity index (χ2v) is 5.11. The van der Waals surface area contributed by atoms with Crippen molar-refractivity contribution in [1.82, 2.24) is 10.6 Å². The zero-order valence-corrected chi connectivity index (χ0v) is 13.7. The van der Waals surface area contributed by atoms with E-state index in [1.807, 2.05) is 5.32 Å². The van der Waals surface area contributed by atoms with Crippen LogP contribution in [0.4, 0.5) is 10.5 Å². The topological polar surface area (TPSA) is 141 Å². The number of imide groups is 1. The molecule has 1 aromatic heterocycles. The van der Waals surface area contributed by atoms with Gasteiger partial charge in [-0.3, -0.25) is 20.2 Å². The summed E-state index contributed by atoms with van der Waals surface area (Å²) in [5.41, 5.74) is -0.333. The third-order valence-corrected chi connectivity index (χ3v) is 3.24. The van der Waals surface area contributed by atoms with Crippen LogP contribution in [-0.2, 0) is 16.1 Å². The van der Waals surface area contributed by atoms with Gasteiger partial charge >= 0.3 is 12.0 Å². The van der Waals surface area contributed by atoms with E-state index in [0.717, 1.165) is 6.07 Å². The molecule has 0 bridgehead atoms. The largest absolute Gasteiger partial charge is 0.467 e. The molecule has 2 aromatic rings. The molecule has 1 aromatic carbocycles. The van der Waals surface area contributed by atoms with Crippen LogP contribution in [0.5, 0.6) is 0 Å². The van der Waals surface area contributed by atoms with Crippen LogP contribution in [0, 0.1) is 17.0 Å². The summed E-state index contributed by atoms with van der Waals surface area (Å²) in [6, 6.07) is 6.57. The van der Waals surface area contributed by atoms with Gasteiger partial charge in [0.25, 0.3) is 11.6 Å². The van der Waals surface area contributed by atoms with Gasteiger partial charge in [0.2, 0.25) is 0 Å². The smallest absolute Gasteiger partial charge is 0.345 e. The van der Waals surface area contributed by atoms with Gasteiger partial charge in [-0.15, -0.1) is 0 Å². The molecule has 26 heavy (non-hydrogen) atoms. The second-order valence-electron chi connectivity index (χ2n) is 5.11. The Labute approximate surface area is 147 Å². The number of nitro groups is 1. The molecule has 0 saturated heterocycles. The van der Waals surface area contributed by atoms with Gasteiger partial charge in [-0.1, -0.05) is 12.1 Å². The minimum absolute atomic E-state index is 0.0707. The standard InChI is InChI=1S/C16H15N3O7/c1-10-4-2-6-12(19(23)24)14(10)15(21)26-9-13(20)18-16(22)17-8-11-5-3-7-25-11/h2-7H,8-9H2,1H3,(H2,17,18,20,22). The summed E-state index contributed by atoms with van der Waals surface area (Å²) in [5, 5.41) is 15.3. The molecule has 0 saturated carbocycles. The van der Waals surface area contributed by atoms with Crippen LogP contribution < -0.4 is 10.6 Å². The Bertz CT molecular complexity index is 830. The molecule has 0 aliphatic heterocycles. The molecule has 0 radical (unpaired) electrons. The number of hydrogen-bond acceptors (Lipinski definition) is 7. The van der Waals surface area contributed by atoms with E-state index < -0.39 is 35.1 Å². The maximum atomic E-state index is 12.0. The number of benzene rings is 1. The number of hydrogen-bond donors (Lipinski definition) is 2. The van der Waals surface area contributed by atoms with E-state index in [1.165, 1.54) is 25.3 Å². The van der Waals surface area contributed by atoms with E-state index in [1.54, 1.807) is 12.1 Å².